The van der Waals surface area contributed by atoms with E-state index in [9.17, 15) is 22.4 Å². The third-order valence-electron chi connectivity index (χ3n) is 7.85. The number of rotatable bonds is 16. The van der Waals surface area contributed by atoms with E-state index in [0.29, 0.717) is 17.9 Å². The molecule has 2 amide bonds. The average Bonchev–Trinajstić information content (AvgIpc) is 3.11. The number of hydrogen-bond acceptors (Lipinski definition) is 7. The standard InChI is InChI=1S/C37H41ClFN3O7S/c1-25(2)22-40-37(44)32(19-26-9-7-6-8-10-26)41(23-27-11-14-29(39)15-12-27)36(43)24-42(31-20-28(38)13-17-33(31)47-3)50(45,46)30-16-18-34(48-4)35(21-30)49-5/h6-18,20-21,25,32H,19,22-24H2,1-5H3,(H,40,44). The van der Waals surface area contributed by atoms with Gasteiger partial charge in [-0.15, -0.1) is 0 Å². The lowest BCUT2D eigenvalue weighted by Gasteiger charge is -2.34. The molecule has 0 aliphatic rings. The minimum absolute atomic E-state index is 0.00580. The molecule has 0 aliphatic heterocycles. The number of carbonyl (C=O) groups excluding carboxylic acids is 2. The van der Waals surface area contributed by atoms with Crippen LogP contribution in [0.25, 0.3) is 0 Å². The highest BCUT2D eigenvalue weighted by molar-refractivity contribution is 7.92. The van der Waals surface area contributed by atoms with Gasteiger partial charge >= 0.3 is 0 Å². The zero-order chi connectivity index (χ0) is 36.4. The molecule has 1 unspecified atom stereocenters. The van der Waals surface area contributed by atoms with Crippen molar-refractivity contribution in [2.24, 2.45) is 5.92 Å². The Morgan fingerprint density at radius 3 is 2.08 bits per heavy atom. The Morgan fingerprint density at radius 2 is 1.46 bits per heavy atom. The molecule has 4 rings (SSSR count). The van der Waals surface area contributed by atoms with E-state index in [1.54, 1.807) is 0 Å². The lowest BCUT2D eigenvalue weighted by atomic mass is 10.0. The number of nitrogens with zero attached hydrogens (tertiary/aromatic N) is 2. The summed E-state index contributed by atoms with van der Waals surface area (Å²) in [5, 5.41) is 3.13. The van der Waals surface area contributed by atoms with Gasteiger partial charge in [0, 0.05) is 30.6 Å². The van der Waals surface area contributed by atoms with Gasteiger partial charge < -0.3 is 24.4 Å². The van der Waals surface area contributed by atoms with E-state index in [0.717, 1.165) is 9.87 Å². The van der Waals surface area contributed by atoms with Crippen molar-refractivity contribution in [1.82, 2.24) is 10.2 Å². The SMILES string of the molecule is COc1ccc(S(=O)(=O)N(CC(=O)N(Cc2ccc(F)cc2)C(Cc2ccccc2)C(=O)NCC(C)C)c2cc(Cl)ccc2OC)cc1OC. The van der Waals surface area contributed by atoms with Crippen molar-refractivity contribution in [3.63, 3.8) is 0 Å². The number of methoxy groups -OCH3 is 3. The van der Waals surface area contributed by atoms with Crippen molar-refractivity contribution in [2.75, 3.05) is 38.7 Å². The molecule has 10 nitrogen and oxygen atoms in total. The minimum Gasteiger partial charge on any atom is -0.495 e. The van der Waals surface area contributed by atoms with E-state index < -0.39 is 40.2 Å². The first-order chi connectivity index (χ1) is 23.9. The van der Waals surface area contributed by atoms with Crippen LogP contribution in [0.1, 0.15) is 25.0 Å². The van der Waals surface area contributed by atoms with Gasteiger partial charge in [-0.1, -0.05) is 67.9 Å². The molecule has 0 bridgehead atoms. The fourth-order valence-electron chi connectivity index (χ4n) is 5.24. The van der Waals surface area contributed by atoms with Crippen molar-refractivity contribution in [3.05, 3.63) is 113 Å². The van der Waals surface area contributed by atoms with Gasteiger partial charge in [0.25, 0.3) is 10.0 Å². The van der Waals surface area contributed by atoms with Gasteiger partial charge in [0.2, 0.25) is 11.8 Å². The molecule has 0 fully saturated rings. The normalized spacial score (nSPS) is 11.8. The Hall–Kier alpha value is -4.81. The number of anilines is 1. The van der Waals surface area contributed by atoms with Crippen LogP contribution >= 0.6 is 11.6 Å². The highest BCUT2D eigenvalue weighted by atomic mass is 35.5. The Morgan fingerprint density at radius 1 is 0.820 bits per heavy atom. The Balaban J connectivity index is 1.87. The number of hydrogen-bond donors (Lipinski definition) is 1. The fourth-order valence-corrected chi connectivity index (χ4v) is 6.84. The molecule has 0 aliphatic carbocycles. The van der Waals surface area contributed by atoms with Crippen molar-refractivity contribution < 1.29 is 36.6 Å². The maximum atomic E-state index is 14.7. The summed E-state index contributed by atoms with van der Waals surface area (Å²) in [6.45, 7) is 3.37. The lowest BCUT2D eigenvalue weighted by Crippen LogP contribution is -2.53. The third-order valence-corrected chi connectivity index (χ3v) is 9.84. The number of halogens is 2. The number of amides is 2. The average molecular weight is 726 g/mol. The van der Waals surface area contributed by atoms with E-state index in [2.05, 4.69) is 5.32 Å². The van der Waals surface area contributed by atoms with Gasteiger partial charge in [-0.25, -0.2) is 12.8 Å². The predicted molar refractivity (Wildman–Crippen MR) is 191 cm³/mol. The van der Waals surface area contributed by atoms with Crippen LogP contribution in [0.3, 0.4) is 0 Å². The topological polar surface area (TPSA) is 114 Å². The van der Waals surface area contributed by atoms with E-state index in [1.165, 1.54) is 86.9 Å². The second kappa shape index (κ2) is 17.2. The number of nitrogens with one attached hydrogen (secondary N) is 1. The van der Waals surface area contributed by atoms with Crippen LogP contribution < -0.4 is 23.8 Å². The molecule has 4 aromatic carbocycles. The van der Waals surface area contributed by atoms with Crippen molar-refractivity contribution in [2.45, 2.75) is 37.8 Å². The molecular formula is C37H41ClFN3O7S. The van der Waals surface area contributed by atoms with E-state index >= 15 is 0 Å². The van der Waals surface area contributed by atoms with E-state index in [-0.39, 0.29) is 46.0 Å². The smallest absolute Gasteiger partial charge is 0.265 e. The van der Waals surface area contributed by atoms with Crippen molar-refractivity contribution in [1.29, 1.82) is 0 Å². The summed E-state index contributed by atoms with van der Waals surface area (Å²) in [4.78, 5) is 29.8. The lowest BCUT2D eigenvalue weighted by molar-refractivity contribution is -0.140. The maximum absolute atomic E-state index is 14.7. The van der Waals surface area contributed by atoms with Crippen LogP contribution in [0, 0.1) is 11.7 Å². The Kier molecular flexibility index (Phi) is 13.1. The summed E-state index contributed by atoms with van der Waals surface area (Å²) < 4.78 is 60.1. The summed E-state index contributed by atoms with van der Waals surface area (Å²) in [6, 6.07) is 22.1. The van der Waals surface area contributed by atoms with Crippen LogP contribution in [0.15, 0.2) is 95.9 Å². The number of sulfonamides is 1. The van der Waals surface area contributed by atoms with Gasteiger partial charge in [0.15, 0.2) is 11.5 Å². The summed E-state index contributed by atoms with van der Waals surface area (Å²) in [5.41, 5.74) is 1.30. The molecule has 0 saturated carbocycles. The van der Waals surface area contributed by atoms with Crippen LogP contribution in [0.4, 0.5) is 10.1 Å². The number of ether oxygens (including phenoxy) is 3. The zero-order valence-corrected chi connectivity index (χ0v) is 30.1. The Bertz CT molecular complexity index is 1880. The molecule has 0 spiro atoms. The molecule has 50 heavy (non-hydrogen) atoms. The van der Waals surface area contributed by atoms with Crippen molar-refractivity contribution >= 4 is 39.1 Å². The first-order valence-corrected chi connectivity index (χ1v) is 17.6. The highest BCUT2D eigenvalue weighted by Crippen LogP contribution is 2.37. The quantitative estimate of drug-likeness (QED) is 0.148. The molecular weight excluding hydrogens is 685 g/mol. The zero-order valence-electron chi connectivity index (χ0n) is 28.6. The van der Waals surface area contributed by atoms with Crippen LogP contribution in [-0.2, 0) is 32.6 Å². The van der Waals surface area contributed by atoms with E-state index in [1.807, 2.05) is 44.2 Å². The van der Waals surface area contributed by atoms with Gasteiger partial charge in [-0.05, 0) is 59.5 Å². The summed E-state index contributed by atoms with van der Waals surface area (Å²) in [6.07, 6.45) is 0.126. The molecule has 1 N–H and O–H groups in total. The third kappa shape index (κ3) is 9.45. The highest BCUT2D eigenvalue weighted by Gasteiger charge is 2.36. The number of carbonyl (C=O) groups is 2. The molecule has 4 aromatic rings. The van der Waals surface area contributed by atoms with E-state index in [4.69, 9.17) is 25.8 Å². The minimum atomic E-state index is -4.53. The van der Waals surface area contributed by atoms with Crippen LogP contribution in [0.5, 0.6) is 17.2 Å². The van der Waals surface area contributed by atoms with Gasteiger partial charge in [0.1, 0.15) is 24.2 Å². The largest absolute Gasteiger partial charge is 0.495 e. The first kappa shape index (κ1) is 38.0. The molecule has 1 atom stereocenters. The Labute approximate surface area is 297 Å². The predicted octanol–water partition coefficient (Wildman–Crippen LogP) is 6.11. The van der Waals surface area contributed by atoms with Gasteiger partial charge in [0.05, 0.1) is 31.9 Å². The van der Waals surface area contributed by atoms with Crippen molar-refractivity contribution in [3.8, 4) is 17.2 Å². The van der Waals surface area contributed by atoms with Crippen LogP contribution in [-0.4, -0.2) is 65.6 Å². The summed E-state index contributed by atoms with van der Waals surface area (Å²) >= 11 is 6.37. The fraction of sp³-hybridized carbons (Fsp3) is 0.297. The molecule has 0 radical (unpaired) electrons. The van der Waals surface area contributed by atoms with Gasteiger partial charge in [-0.2, -0.15) is 0 Å². The summed E-state index contributed by atoms with van der Waals surface area (Å²) in [7, 11) is -0.368. The molecule has 266 valence electrons. The first-order valence-electron chi connectivity index (χ1n) is 15.8. The summed E-state index contributed by atoms with van der Waals surface area (Å²) in [5.74, 6) is -0.894. The second-order valence-electron chi connectivity index (χ2n) is 11.8. The second-order valence-corrected chi connectivity index (χ2v) is 14.1. The molecule has 13 heteroatoms. The van der Waals surface area contributed by atoms with Crippen LogP contribution in [0.2, 0.25) is 5.02 Å². The molecule has 0 heterocycles. The number of benzene rings is 4. The van der Waals surface area contributed by atoms with Gasteiger partial charge in [-0.3, -0.25) is 13.9 Å². The molecule has 0 aromatic heterocycles. The monoisotopic (exact) mass is 725 g/mol. The molecule has 0 saturated heterocycles. The maximum Gasteiger partial charge on any atom is 0.265 e.